The second-order valence-corrected chi connectivity index (χ2v) is 6.15. The van der Waals surface area contributed by atoms with Gasteiger partial charge in [-0.15, -0.1) is 0 Å². The summed E-state index contributed by atoms with van der Waals surface area (Å²) < 4.78 is 0. The first-order chi connectivity index (χ1) is 9.85. The highest BCUT2D eigenvalue weighted by molar-refractivity contribution is 5.91. The molecule has 0 radical (unpaired) electrons. The van der Waals surface area contributed by atoms with E-state index in [4.69, 9.17) is 0 Å². The Morgan fingerprint density at radius 2 is 1.62 bits per heavy atom. The lowest BCUT2D eigenvalue weighted by atomic mass is 9.82. The summed E-state index contributed by atoms with van der Waals surface area (Å²) in [7, 11) is 0. The first-order valence-corrected chi connectivity index (χ1v) is 7.30. The molecule has 0 aliphatic rings. The Morgan fingerprint density at radius 1 is 1.05 bits per heavy atom. The summed E-state index contributed by atoms with van der Waals surface area (Å²) >= 11 is 0. The van der Waals surface area contributed by atoms with Crippen LogP contribution >= 0.6 is 0 Å². The van der Waals surface area contributed by atoms with Gasteiger partial charge < -0.3 is 5.11 Å². The van der Waals surface area contributed by atoms with Crippen LogP contribution in [-0.4, -0.2) is 11.1 Å². The van der Waals surface area contributed by atoms with Gasteiger partial charge in [0.15, 0.2) is 0 Å². The van der Waals surface area contributed by atoms with Crippen molar-refractivity contribution in [3.8, 4) is 11.1 Å². The molecule has 2 heteroatoms. The minimum absolute atomic E-state index is 0.165. The summed E-state index contributed by atoms with van der Waals surface area (Å²) in [4.78, 5) is 11.2. The predicted octanol–water partition coefficient (Wildman–Crippen LogP) is 5.05. The van der Waals surface area contributed by atoms with Crippen LogP contribution in [0.5, 0.6) is 0 Å². The van der Waals surface area contributed by atoms with Gasteiger partial charge in [-0.25, -0.2) is 4.79 Å². The Labute approximate surface area is 126 Å². The van der Waals surface area contributed by atoms with Crippen LogP contribution in [0.15, 0.2) is 42.5 Å². The van der Waals surface area contributed by atoms with Gasteiger partial charge in [0.2, 0.25) is 0 Å². The summed E-state index contributed by atoms with van der Waals surface area (Å²) in [6, 6.07) is 14.0. The van der Waals surface area contributed by atoms with Gasteiger partial charge in [0.1, 0.15) is 0 Å². The van der Waals surface area contributed by atoms with E-state index in [0.29, 0.717) is 5.56 Å². The topological polar surface area (TPSA) is 37.3 Å². The Balaban J connectivity index is 2.40. The predicted molar refractivity (Wildman–Crippen MR) is 86.9 cm³/mol. The van der Waals surface area contributed by atoms with Crippen LogP contribution in [0.1, 0.15) is 48.7 Å². The van der Waals surface area contributed by atoms with Crippen molar-refractivity contribution >= 4 is 5.97 Å². The molecule has 0 spiro atoms. The van der Waals surface area contributed by atoms with E-state index in [1.165, 1.54) is 5.56 Å². The van der Waals surface area contributed by atoms with Crippen molar-refractivity contribution in [2.45, 2.75) is 39.5 Å². The zero-order valence-corrected chi connectivity index (χ0v) is 13.1. The SMILES string of the molecule is CCC(C)(C)c1ccc(-c2ccc(C)c(C(=O)O)c2)cc1. The molecule has 0 heterocycles. The molecular formula is C19H22O2. The van der Waals surface area contributed by atoms with Gasteiger partial charge >= 0.3 is 5.97 Å². The smallest absolute Gasteiger partial charge is 0.335 e. The van der Waals surface area contributed by atoms with Crippen LogP contribution in [0.25, 0.3) is 11.1 Å². The largest absolute Gasteiger partial charge is 0.478 e. The molecule has 2 rings (SSSR count). The fourth-order valence-electron chi connectivity index (χ4n) is 2.35. The van der Waals surface area contributed by atoms with Crippen molar-refractivity contribution in [3.63, 3.8) is 0 Å². The molecule has 2 aromatic rings. The van der Waals surface area contributed by atoms with E-state index in [0.717, 1.165) is 23.1 Å². The average Bonchev–Trinajstić information content (AvgIpc) is 2.47. The number of carboxylic acid groups (broad SMARTS) is 1. The maximum absolute atomic E-state index is 11.2. The average molecular weight is 282 g/mol. The number of hydrogen-bond donors (Lipinski definition) is 1. The van der Waals surface area contributed by atoms with Gasteiger partial charge in [-0.3, -0.25) is 0 Å². The Kier molecular flexibility index (Phi) is 4.17. The Morgan fingerprint density at radius 3 is 2.14 bits per heavy atom. The summed E-state index contributed by atoms with van der Waals surface area (Å²) in [6.07, 6.45) is 1.08. The third-order valence-electron chi connectivity index (χ3n) is 4.35. The Bertz CT molecular complexity index is 652. The summed E-state index contributed by atoms with van der Waals surface area (Å²) in [6.45, 7) is 8.47. The lowest BCUT2D eigenvalue weighted by Gasteiger charge is -2.23. The fourth-order valence-corrected chi connectivity index (χ4v) is 2.35. The molecule has 21 heavy (non-hydrogen) atoms. The molecule has 0 saturated heterocycles. The van der Waals surface area contributed by atoms with E-state index >= 15 is 0 Å². The van der Waals surface area contributed by atoms with E-state index in [1.54, 1.807) is 6.07 Å². The molecule has 1 N–H and O–H groups in total. The molecule has 0 amide bonds. The molecular weight excluding hydrogens is 260 g/mol. The molecule has 0 saturated carbocycles. The summed E-state index contributed by atoms with van der Waals surface area (Å²) in [5.74, 6) is -0.877. The third kappa shape index (κ3) is 3.15. The maximum atomic E-state index is 11.2. The van der Waals surface area contributed by atoms with Crippen LogP contribution in [0, 0.1) is 6.92 Å². The highest BCUT2D eigenvalue weighted by Gasteiger charge is 2.17. The molecule has 0 fully saturated rings. The lowest BCUT2D eigenvalue weighted by molar-refractivity contribution is 0.0696. The van der Waals surface area contributed by atoms with Crippen molar-refractivity contribution < 1.29 is 9.90 Å². The zero-order chi connectivity index (χ0) is 15.6. The minimum atomic E-state index is -0.877. The van der Waals surface area contributed by atoms with Crippen LogP contribution in [0.4, 0.5) is 0 Å². The monoisotopic (exact) mass is 282 g/mol. The fraction of sp³-hybridized carbons (Fsp3) is 0.316. The normalized spacial score (nSPS) is 11.4. The number of benzene rings is 2. The second kappa shape index (κ2) is 5.72. The number of hydrogen-bond acceptors (Lipinski definition) is 1. The molecule has 2 aromatic carbocycles. The Hall–Kier alpha value is -2.09. The van der Waals surface area contributed by atoms with Crippen molar-refractivity contribution in [1.82, 2.24) is 0 Å². The van der Waals surface area contributed by atoms with Gasteiger partial charge in [0, 0.05) is 0 Å². The maximum Gasteiger partial charge on any atom is 0.335 e. The number of rotatable bonds is 4. The van der Waals surface area contributed by atoms with E-state index in [2.05, 4.69) is 45.0 Å². The second-order valence-electron chi connectivity index (χ2n) is 6.15. The van der Waals surface area contributed by atoms with E-state index in [9.17, 15) is 9.90 Å². The van der Waals surface area contributed by atoms with Crippen LogP contribution in [0.2, 0.25) is 0 Å². The third-order valence-corrected chi connectivity index (χ3v) is 4.35. The standard InChI is InChI=1S/C19H22O2/c1-5-19(3,4)16-10-8-14(9-11-16)15-7-6-13(2)17(12-15)18(20)21/h6-12H,5H2,1-4H3,(H,20,21). The minimum Gasteiger partial charge on any atom is -0.478 e. The van der Waals surface area contributed by atoms with Crippen LogP contribution < -0.4 is 0 Å². The highest BCUT2D eigenvalue weighted by Crippen LogP contribution is 2.29. The zero-order valence-electron chi connectivity index (χ0n) is 13.1. The van der Waals surface area contributed by atoms with Gasteiger partial charge in [-0.05, 0) is 47.1 Å². The number of aryl methyl sites for hydroxylation is 1. The van der Waals surface area contributed by atoms with Crippen molar-refractivity contribution in [1.29, 1.82) is 0 Å². The van der Waals surface area contributed by atoms with Gasteiger partial charge in [0.25, 0.3) is 0 Å². The van der Waals surface area contributed by atoms with Crippen molar-refractivity contribution in [2.24, 2.45) is 0 Å². The highest BCUT2D eigenvalue weighted by atomic mass is 16.4. The van der Waals surface area contributed by atoms with E-state index in [-0.39, 0.29) is 5.41 Å². The summed E-state index contributed by atoms with van der Waals surface area (Å²) in [5, 5.41) is 9.22. The molecule has 2 nitrogen and oxygen atoms in total. The molecule has 0 bridgehead atoms. The van der Waals surface area contributed by atoms with E-state index < -0.39 is 5.97 Å². The number of carbonyl (C=O) groups is 1. The van der Waals surface area contributed by atoms with Crippen LogP contribution in [-0.2, 0) is 5.41 Å². The number of aromatic carboxylic acids is 1. The van der Waals surface area contributed by atoms with Gasteiger partial charge in [-0.1, -0.05) is 57.2 Å². The van der Waals surface area contributed by atoms with Crippen molar-refractivity contribution in [3.05, 3.63) is 59.2 Å². The molecule has 0 aliphatic carbocycles. The quantitative estimate of drug-likeness (QED) is 0.852. The molecule has 0 unspecified atom stereocenters. The molecule has 110 valence electrons. The molecule has 0 aromatic heterocycles. The molecule has 0 aliphatic heterocycles. The first-order valence-electron chi connectivity index (χ1n) is 7.30. The lowest BCUT2D eigenvalue weighted by Crippen LogP contribution is -2.14. The van der Waals surface area contributed by atoms with Crippen LogP contribution in [0.3, 0.4) is 0 Å². The number of carboxylic acids is 1. The summed E-state index contributed by atoms with van der Waals surface area (Å²) in [5.41, 5.74) is 4.62. The van der Waals surface area contributed by atoms with E-state index in [1.807, 2.05) is 19.1 Å². The molecule has 0 atom stereocenters. The first kappa shape index (κ1) is 15.3. The van der Waals surface area contributed by atoms with Gasteiger partial charge in [0.05, 0.1) is 5.56 Å². The van der Waals surface area contributed by atoms with Crippen molar-refractivity contribution in [2.75, 3.05) is 0 Å². The van der Waals surface area contributed by atoms with Gasteiger partial charge in [-0.2, -0.15) is 0 Å².